The van der Waals surface area contributed by atoms with Crippen LogP contribution in [0.15, 0.2) is 0 Å². The third kappa shape index (κ3) is 4.46. The van der Waals surface area contributed by atoms with Gasteiger partial charge in [0.25, 0.3) is 0 Å². The lowest BCUT2D eigenvalue weighted by Crippen LogP contribution is -2.48. The Hall–Kier alpha value is -1.59. The Balaban J connectivity index is 1.50. The van der Waals surface area contributed by atoms with E-state index in [2.05, 4.69) is 6.92 Å². The molecular formula is C21H35N3O3. The molecule has 0 aromatic heterocycles. The minimum Gasteiger partial charge on any atom is -0.342 e. The maximum Gasteiger partial charge on any atom is 0.227 e. The first-order chi connectivity index (χ1) is 12.7. The Morgan fingerprint density at radius 2 is 1.33 bits per heavy atom. The summed E-state index contributed by atoms with van der Waals surface area (Å²) in [5.74, 6) is 0.989. The predicted octanol–water partition coefficient (Wildman–Crippen LogP) is 2.13. The summed E-state index contributed by atoms with van der Waals surface area (Å²) in [6.07, 6.45) is 4.02. The van der Waals surface area contributed by atoms with Crippen LogP contribution in [0.2, 0.25) is 0 Å². The van der Waals surface area contributed by atoms with Gasteiger partial charge in [0.2, 0.25) is 17.7 Å². The van der Waals surface area contributed by atoms with Gasteiger partial charge in [0, 0.05) is 50.6 Å². The van der Waals surface area contributed by atoms with E-state index < -0.39 is 0 Å². The highest BCUT2D eigenvalue weighted by atomic mass is 16.2. The van der Waals surface area contributed by atoms with Gasteiger partial charge in [-0.1, -0.05) is 6.92 Å². The Morgan fingerprint density at radius 3 is 1.81 bits per heavy atom. The highest BCUT2D eigenvalue weighted by molar-refractivity contribution is 5.90. The van der Waals surface area contributed by atoms with Gasteiger partial charge in [-0.15, -0.1) is 0 Å². The van der Waals surface area contributed by atoms with E-state index in [-0.39, 0.29) is 35.1 Å². The van der Waals surface area contributed by atoms with Crippen molar-refractivity contribution in [1.82, 2.24) is 14.7 Å². The maximum atomic E-state index is 12.9. The zero-order valence-electron chi connectivity index (χ0n) is 17.4. The first-order valence-electron chi connectivity index (χ1n) is 10.5. The highest BCUT2D eigenvalue weighted by Gasteiger charge is 2.41. The topological polar surface area (TPSA) is 60.9 Å². The zero-order valence-corrected chi connectivity index (χ0v) is 17.4. The van der Waals surface area contributed by atoms with Gasteiger partial charge in [0.15, 0.2) is 0 Å². The molecule has 1 unspecified atom stereocenters. The average molecular weight is 378 g/mol. The molecule has 6 nitrogen and oxygen atoms in total. The summed E-state index contributed by atoms with van der Waals surface area (Å²) >= 11 is 0. The van der Waals surface area contributed by atoms with Crippen LogP contribution >= 0.6 is 0 Å². The molecule has 3 saturated heterocycles. The van der Waals surface area contributed by atoms with Crippen molar-refractivity contribution in [1.29, 1.82) is 0 Å². The van der Waals surface area contributed by atoms with Gasteiger partial charge in [0.05, 0.1) is 5.92 Å². The van der Waals surface area contributed by atoms with Gasteiger partial charge in [-0.2, -0.15) is 0 Å². The molecule has 0 spiro atoms. The van der Waals surface area contributed by atoms with E-state index in [9.17, 15) is 14.4 Å². The van der Waals surface area contributed by atoms with Crippen LogP contribution < -0.4 is 0 Å². The first-order valence-corrected chi connectivity index (χ1v) is 10.5. The first kappa shape index (κ1) is 20.2. The number of hydrogen-bond acceptors (Lipinski definition) is 3. The Labute approximate surface area is 163 Å². The van der Waals surface area contributed by atoms with Gasteiger partial charge in [0.1, 0.15) is 0 Å². The van der Waals surface area contributed by atoms with Crippen molar-refractivity contribution in [3.05, 3.63) is 0 Å². The molecule has 1 atom stereocenters. The van der Waals surface area contributed by atoms with Crippen molar-refractivity contribution < 1.29 is 14.4 Å². The molecule has 3 heterocycles. The SMILES string of the molecule is CC1CCN(C(=O)C2CCN(C(=O)C3CC(=O)N(C(C)(C)C)C3)CC2)CC1. The molecule has 0 bridgehead atoms. The van der Waals surface area contributed by atoms with E-state index in [1.165, 1.54) is 0 Å². The van der Waals surface area contributed by atoms with E-state index in [0.29, 0.717) is 26.1 Å². The molecule has 0 aromatic rings. The van der Waals surface area contributed by atoms with Crippen LogP contribution in [0.4, 0.5) is 0 Å². The number of hydrogen-bond donors (Lipinski definition) is 0. The maximum absolute atomic E-state index is 12.9. The number of carbonyl (C=O) groups excluding carboxylic acids is 3. The second-order valence-electron chi connectivity index (χ2n) is 9.68. The normalized spacial score (nSPS) is 26.0. The summed E-state index contributed by atoms with van der Waals surface area (Å²) in [4.78, 5) is 43.6. The van der Waals surface area contributed by atoms with E-state index in [1.807, 2.05) is 35.5 Å². The molecule has 3 aliphatic rings. The molecule has 6 heteroatoms. The molecule has 3 rings (SSSR count). The average Bonchev–Trinajstić information content (AvgIpc) is 3.03. The molecule has 152 valence electrons. The minimum absolute atomic E-state index is 0.0544. The number of carbonyl (C=O) groups is 3. The molecule has 3 fully saturated rings. The van der Waals surface area contributed by atoms with Gasteiger partial charge in [-0.3, -0.25) is 14.4 Å². The van der Waals surface area contributed by atoms with Crippen molar-refractivity contribution in [3.63, 3.8) is 0 Å². The number of piperidine rings is 2. The number of amides is 3. The summed E-state index contributed by atoms with van der Waals surface area (Å²) in [6, 6.07) is 0. The van der Waals surface area contributed by atoms with Gasteiger partial charge >= 0.3 is 0 Å². The van der Waals surface area contributed by atoms with Crippen LogP contribution in [-0.4, -0.2) is 70.7 Å². The zero-order chi connectivity index (χ0) is 19.8. The smallest absolute Gasteiger partial charge is 0.227 e. The number of rotatable bonds is 2. The van der Waals surface area contributed by atoms with E-state index >= 15 is 0 Å². The third-order valence-corrected chi connectivity index (χ3v) is 6.54. The summed E-state index contributed by atoms with van der Waals surface area (Å²) in [6.45, 7) is 11.8. The third-order valence-electron chi connectivity index (χ3n) is 6.54. The fourth-order valence-corrected chi connectivity index (χ4v) is 4.61. The summed E-state index contributed by atoms with van der Waals surface area (Å²) in [5.41, 5.74) is -0.239. The molecule has 0 saturated carbocycles. The Bertz CT molecular complexity index is 582. The minimum atomic E-state index is -0.239. The molecule has 3 amide bonds. The molecule has 0 aromatic carbocycles. The summed E-state index contributed by atoms with van der Waals surface area (Å²) in [5, 5.41) is 0. The summed E-state index contributed by atoms with van der Waals surface area (Å²) < 4.78 is 0. The predicted molar refractivity (Wildman–Crippen MR) is 104 cm³/mol. The number of nitrogens with zero attached hydrogens (tertiary/aromatic N) is 3. The van der Waals surface area contributed by atoms with E-state index in [4.69, 9.17) is 0 Å². The molecule has 0 aliphatic carbocycles. The second kappa shape index (κ2) is 7.80. The summed E-state index contributed by atoms with van der Waals surface area (Å²) in [7, 11) is 0. The lowest BCUT2D eigenvalue weighted by atomic mass is 9.92. The van der Waals surface area contributed by atoms with E-state index in [1.54, 1.807) is 0 Å². The van der Waals surface area contributed by atoms with Gasteiger partial charge in [-0.25, -0.2) is 0 Å². The largest absolute Gasteiger partial charge is 0.342 e. The molecule has 0 radical (unpaired) electrons. The van der Waals surface area contributed by atoms with Crippen LogP contribution in [0.5, 0.6) is 0 Å². The Morgan fingerprint density at radius 1 is 0.852 bits per heavy atom. The fourth-order valence-electron chi connectivity index (χ4n) is 4.61. The number of likely N-dealkylation sites (tertiary alicyclic amines) is 3. The van der Waals surface area contributed by atoms with Gasteiger partial charge in [-0.05, 0) is 52.4 Å². The second-order valence-corrected chi connectivity index (χ2v) is 9.68. The molecule has 3 aliphatic heterocycles. The van der Waals surface area contributed by atoms with Crippen LogP contribution in [0.3, 0.4) is 0 Å². The van der Waals surface area contributed by atoms with Crippen molar-refractivity contribution in [2.24, 2.45) is 17.8 Å². The standard InChI is InChI=1S/C21H35N3O3/c1-15-5-9-22(10-6-15)19(26)16-7-11-23(12-8-16)20(27)17-13-18(25)24(14-17)21(2,3)4/h15-17H,5-14H2,1-4H3. The fraction of sp³-hybridized carbons (Fsp3) is 0.857. The lowest BCUT2D eigenvalue weighted by Gasteiger charge is -2.37. The quantitative estimate of drug-likeness (QED) is 0.741. The van der Waals surface area contributed by atoms with Crippen molar-refractivity contribution in [2.75, 3.05) is 32.7 Å². The highest BCUT2D eigenvalue weighted by Crippen LogP contribution is 2.29. The van der Waals surface area contributed by atoms with Crippen molar-refractivity contribution in [3.8, 4) is 0 Å². The molecular weight excluding hydrogens is 342 g/mol. The monoisotopic (exact) mass is 377 g/mol. The van der Waals surface area contributed by atoms with Crippen LogP contribution in [0.25, 0.3) is 0 Å². The lowest BCUT2D eigenvalue weighted by molar-refractivity contribution is -0.143. The van der Waals surface area contributed by atoms with Gasteiger partial charge < -0.3 is 14.7 Å². The molecule has 27 heavy (non-hydrogen) atoms. The van der Waals surface area contributed by atoms with Crippen molar-refractivity contribution >= 4 is 17.7 Å². The van der Waals surface area contributed by atoms with Crippen molar-refractivity contribution in [2.45, 2.75) is 65.3 Å². The Kier molecular flexibility index (Phi) is 5.82. The van der Waals surface area contributed by atoms with Crippen LogP contribution in [0, 0.1) is 17.8 Å². The van der Waals surface area contributed by atoms with E-state index in [0.717, 1.165) is 44.7 Å². The van der Waals surface area contributed by atoms with Crippen LogP contribution in [0.1, 0.15) is 59.8 Å². The molecule has 0 N–H and O–H groups in total. The van der Waals surface area contributed by atoms with Crippen LogP contribution in [-0.2, 0) is 14.4 Å².